The SMILES string of the molecule is CC(C)(C)NC(=O)[C@@H](Cc1ccccc1)N(Cc1ccc(Cl)cc1)C(=O)COc1ccc(C(C)(C)C)cc1. The van der Waals surface area contributed by atoms with Gasteiger partial charge in [-0.3, -0.25) is 9.59 Å². The maximum atomic E-state index is 13.7. The molecule has 0 saturated carbocycles. The van der Waals surface area contributed by atoms with Gasteiger partial charge in [0.2, 0.25) is 5.91 Å². The lowest BCUT2D eigenvalue weighted by molar-refractivity contribution is -0.143. The van der Waals surface area contributed by atoms with Crippen LogP contribution in [0.3, 0.4) is 0 Å². The van der Waals surface area contributed by atoms with Gasteiger partial charge in [-0.1, -0.05) is 87.0 Å². The predicted molar refractivity (Wildman–Crippen MR) is 154 cm³/mol. The third kappa shape index (κ3) is 8.91. The Kier molecular flexibility index (Phi) is 9.61. The maximum Gasteiger partial charge on any atom is 0.261 e. The van der Waals surface area contributed by atoms with E-state index in [1.807, 2.05) is 87.5 Å². The first-order valence-electron chi connectivity index (χ1n) is 12.9. The summed E-state index contributed by atoms with van der Waals surface area (Å²) in [6.07, 6.45) is 0.377. The molecule has 1 N–H and O–H groups in total. The second-order valence-corrected chi connectivity index (χ2v) is 12.1. The zero-order valence-electron chi connectivity index (χ0n) is 23.3. The van der Waals surface area contributed by atoms with Gasteiger partial charge in [-0.05, 0) is 67.1 Å². The third-order valence-electron chi connectivity index (χ3n) is 6.12. The lowest BCUT2D eigenvalue weighted by atomic mass is 9.87. The number of benzene rings is 3. The molecule has 2 amide bonds. The maximum absolute atomic E-state index is 13.7. The second kappa shape index (κ2) is 12.5. The molecule has 0 spiro atoms. The highest BCUT2D eigenvalue weighted by Gasteiger charge is 2.32. The van der Waals surface area contributed by atoms with Crippen LogP contribution < -0.4 is 10.1 Å². The van der Waals surface area contributed by atoms with Crippen LogP contribution in [0.5, 0.6) is 5.75 Å². The summed E-state index contributed by atoms with van der Waals surface area (Å²) < 4.78 is 5.91. The molecule has 0 bridgehead atoms. The van der Waals surface area contributed by atoms with E-state index in [0.29, 0.717) is 17.2 Å². The molecule has 5 nitrogen and oxygen atoms in total. The molecule has 0 unspecified atom stereocenters. The largest absolute Gasteiger partial charge is 0.484 e. The van der Waals surface area contributed by atoms with Crippen molar-refractivity contribution < 1.29 is 14.3 Å². The standard InChI is InChI=1S/C32H39ClN2O3/c1-31(2,3)25-14-18-27(19-15-25)38-22-29(36)35(21-24-12-16-26(33)17-13-24)28(30(37)34-32(4,5)6)20-23-10-8-7-9-11-23/h7-19,28H,20-22H2,1-6H3,(H,34,37)/t28-/m1/s1. The van der Waals surface area contributed by atoms with E-state index in [1.54, 1.807) is 17.0 Å². The van der Waals surface area contributed by atoms with Gasteiger partial charge >= 0.3 is 0 Å². The monoisotopic (exact) mass is 534 g/mol. The molecule has 38 heavy (non-hydrogen) atoms. The van der Waals surface area contributed by atoms with Crippen molar-refractivity contribution in [3.63, 3.8) is 0 Å². The van der Waals surface area contributed by atoms with Crippen molar-refractivity contribution in [2.75, 3.05) is 6.61 Å². The Morgan fingerprint density at radius 2 is 1.45 bits per heavy atom. The fourth-order valence-corrected chi connectivity index (χ4v) is 4.20. The molecule has 0 aliphatic carbocycles. The Morgan fingerprint density at radius 1 is 0.842 bits per heavy atom. The van der Waals surface area contributed by atoms with Gasteiger partial charge in [0.05, 0.1) is 0 Å². The third-order valence-corrected chi connectivity index (χ3v) is 6.37. The Balaban J connectivity index is 1.89. The van der Waals surface area contributed by atoms with Crippen LogP contribution in [-0.2, 0) is 28.0 Å². The van der Waals surface area contributed by atoms with Crippen LogP contribution in [0.2, 0.25) is 5.02 Å². The minimum atomic E-state index is -0.730. The van der Waals surface area contributed by atoms with Gasteiger partial charge in [0.25, 0.3) is 5.91 Å². The van der Waals surface area contributed by atoms with Gasteiger partial charge in [0.1, 0.15) is 11.8 Å². The zero-order chi connectivity index (χ0) is 27.9. The van der Waals surface area contributed by atoms with Gasteiger partial charge in [-0.2, -0.15) is 0 Å². The molecular formula is C32H39ClN2O3. The van der Waals surface area contributed by atoms with Crippen LogP contribution in [0, 0.1) is 0 Å². The topological polar surface area (TPSA) is 58.6 Å². The average molecular weight is 535 g/mol. The summed E-state index contributed by atoms with van der Waals surface area (Å²) in [6, 6.07) is 24.1. The van der Waals surface area contributed by atoms with E-state index in [9.17, 15) is 9.59 Å². The molecule has 3 aromatic carbocycles. The fourth-order valence-electron chi connectivity index (χ4n) is 4.07. The minimum Gasteiger partial charge on any atom is -0.484 e. The van der Waals surface area contributed by atoms with Gasteiger partial charge in [0, 0.05) is 23.5 Å². The van der Waals surface area contributed by atoms with Crippen LogP contribution in [0.4, 0.5) is 0 Å². The van der Waals surface area contributed by atoms with Crippen LogP contribution in [0.1, 0.15) is 58.2 Å². The van der Waals surface area contributed by atoms with Crippen molar-refractivity contribution in [1.82, 2.24) is 10.2 Å². The number of hydrogen-bond donors (Lipinski definition) is 1. The fraction of sp³-hybridized carbons (Fsp3) is 0.375. The van der Waals surface area contributed by atoms with Crippen LogP contribution in [-0.4, -0.2) is 34.9 Å². The van der Waals surface area contributed by atoms with Crippen LogP contribution in [0.15, 0.2) is 78.9 Å². The van der Waals surface area contributed by atoms with E-state index >= 15 is 0 Å². The van der Waals surface area contributed by atoms with Crippen molar-refractivity contribution in [3.8, 4) is 5.75 Å². The van der Waals surface area contributed by atoms with E-state index < -0.39 is 11.6 Å². The minimum absolute atomic E-state index is 0.0226. The molecule has 0 saturated heterocycles. The molecule has 0 aliphatic rings. The lowest BCUT2D eigenvalue weighted by Crippen LogP contribution is -2.55. The number of carbonyl (C=O) groups is 2. The summed E-state index contributed by atoms with van der Waals surface area (Å²) in [4.78, 5) is 28.9. The van der Waals surface area contributed by atoms with Gasteiger partial charge in [0.15, 0.2) is 6.61 Å². The number of rotatable bonds is 9. The van der Waals surface area contributed by atoms with Crippen molar-refractivity contribution in [3.05, 3.63) is 101 Å². The molecule has 6 heteroatoms. The molecule has 3 rings (SSSR count). The zero-order valence-corrected chi connectivity index (χ0v) is 24.0. The van der Waals surface area contributed by atoms with Crippen molar-refractivity contribution in [2.24, 2.45) is 0 Å². The van der Waals surface area contributed by atoms with Gasteiger partial charge < -0.3 is 15.0 Å². The number of nitrogens with one attached hydrogen (secondary N) is 1. The molecule has 202 valence electrons. The molecule has 1 atom stereocenters. The molecule has 0 aromatic heterocycles. The van der Waals surface area contributed by atoms with Crippen LogP contribution >= 0.6 is 11.6 Å². The summed E-state index contributed by atoms with van der Waals surface area (Å²) in [7, 11) is 0. The number of nitrogens with zero attached hydrogens (tertiary/aromatic N) is 1. The van der Waals surface area contributed by atoms with E-state index in [4.69, 9.17) is 16.3 Å². The van der Waals surface area contributed by atoms with E-state index in [-0.39, 0.29) is 30.4 Å². The van der Waals surface area contributed by atoms with Crippen molar-refractivity contribution in [1.29, 1.82) is 0 Å². The average Bonchev–Trinajstić information content (AvgIpc) is 2.85. The molecule has 0 fully saturated rings. The Hall–Kier alpha value is -3.31. The first-order valence-corrected chi connectivity index (χ1v) is 13.3. The van der Waals surface area contributed by atoms with E-state index in [2.05, 4.69) is 26.1 Å². The number of carbonyl (C=O) groups excluding carboxylic acids is 2. The van der Waals surface area contributed by atoms with E-state index in [1.165, 1.54) is 5.56 Å². The molecular weight excluding hydrogens is 496 g/mol. The first kappa shape index (κ1) is 29.2. The van der Waals surface area contributed by atoms with Crippen molar-refractivity contribution >= 4 is 23.4 Å². The lowest BCUT2D eigenvalue weighted by Gasteiger charge is -2.33. The smallest absolute Gasteiger partial charge is 0.261 e. The van der Waals surface area contributed by atoms with E-state index in [0.717, 1.165) is 11.1 Å². The molecule has 0 radical (unpaired) electrons. The summed E-state index contributed by atoms with van der Waals surface area (Å²) in [5.41, 5.74) is 2.59. The Labute approximate surface area is 232 Å². The van der Waals surface area contributed by atoms with Crippen molar-refractivity contribution in [2.45, 2.75) is 71.5 Å². The molecule has 3 aromatic rings. The number of hydrogen-bond acceptors (Lipinski definition) is 3. The summed E-state index contributed by atoms with van der Waals surface area (Å²) in [5.74, 6) is 0.125. The first-order chi connectivity index (χ1) is 17.8. The number of amides is 2. The summed E-state index contributed by atoms with van der Waals surface area (Å²) in [6.45, 7) is 12.3. The quantitative estimate of drug-likeness (QED) is 0.338. The number of halogens is 1. The Morgan fingerprint density at radius 3 is 2.00 bits per heavy atom. The highest BCUT2D eigenvalue weighted by molar-refractivity contribution is 6.30. The summed E-state index contributed by atoms with van der Waals surface area (Å²) in [5, 5.41) is 3.68. The molecule has 0 heterocycles. The highest BCUT2D eigenvalue weighted by Crippen LogP contribution is 2.24. The van der Waals surface area contributed by atoms with Gasteiger partial charge in [-0.25, -0.2) is 0 Å². The van der Waals surface area contributed by atoms with Gasteiger partial charge in [-0.15, -0.1) is 0 Å². The van der Waals surface area contributed by atoms with Crippen LogP contribution in [0.25, 0.3) is 0 Å². The summed E-state index contributed by atoms with van der Waals surface area (Å²) >= 11 is 6.10. The normalized spacial score (nSPS) is 12.5. The molecule has 0 aliphatic heterocycles. The predicted octanol–water partition coefficient (Wildman–Crippen LogP) is 6.57. The Bertz CT molecular complexity index is 1190. The second-order valence-electron chi connectivity index (χ2n) is 11.7. The highest BCUT2D eigenvalue weighted by atomic mass is 35.5. The number of ether oxygens (including phenoxy) is 1.